The summed E-state index contributed by atoms with van der Waals surface area (Å²) in [4.78, 5) is 9.07. The number of ether oxygens (including phenoxy) is 1. The van der Waals surface area contributed by atoms with E-state index < -0.39 is 18.0 Å². The molecule has 1 aliphatic heterocycles. The highest BCUT2D eigenvalue weighted by Gasteiger charge is 2.56. The number of terminal acetylenes is 1. The first-order valence-corrected chi connectivity index (χ1v) is 13.8. The number of rotatable bonds is 9. The van der Waals surface area contributed by atoms with Gasteiger partial charge in [0.2, 0.25) is 5.88 Å². The summed E-state index contributed by atoms with van der Waals surface area (Å²) in [5.41, 5.74) is 9.70. The number of aryl methyl sites for hydroxylation is 1. The van der Waals surface area contributed by atoms with E-state index >= 15 is 0 Å². The number of anilines is 2. The lowest BCUT2D eigenvalue weighted by atomic mass is 9.96. The van der Waals surface area contributed by atoms with Crippen LogP contribution < -0.4 is 26.3 Å². The van der Waals surface area contributed by atoms with Crippen molar-refractivity contribution >= 4 is 33.9 Å². The van der Waals surface area contributed by atoms with Gasteiger partial charge in [0.1, 0.15) is 5.54 Å². The molecule has 1 atom stereocenters. The normalized spacial score (nSPS) is 16.7. The number of benzene rings is 1. The first-order valence-electron chi connectivity index (χ1n) is 13.4. The standard InChI is InChI=1S/C30H34ClF2N7O/c1-7-18-14-34-26-21(25(18)35-16-29(3,4)5)12-19(13-22(26)31)37-27(20-8-9-24(41-6)36-17(20)2)23-15-40(39-38-23)30(10-11-30)28(32)33/h1,8-9,12-15,27-28,37-39H,10-11,16H2,2-6H3,(H,34,35)/t27-/m0/s1. The average Bonchev–Trinajstić information content (AvgIpc) is 3.60. The zero-order valence-corrected chi connectivity index (χ0v) is 24.5. The largest absolute Gasteiger partial charge is 0.481 e. The molecule has 41 heavy (non-hydrogen) atoms. The van der Waals surface area contributed by atoms with E-state index in [9.17, 15) is 8.78 Å². The molecule has 0 amide bonds. The predicted octanol–water partition coefficient (Wildman–Crippen LogP) is 6.16. The predicted molar refractivity (Wildman–Crippen MR) is 159 cm³/mol. The van der Waals surface area contributed by atoms with E-state index in [1.54, 1.807) is 31.6 Å². The summed E-state index contributed by atoms with van der Waals surface area (Å²) < 4.78 is 33.1. The second-order valence-corrected chi connectivity index (χ2v) is 12.1. The van der Waals surface area contributed by atoms with Gasteiger partial charge in [0, 0.05) is 47.3 Å². The van der Waals surface area contributed by atoms with Gasteiger partial charge >= 0.3 is 0 Å². The van der Waals surface area contributed by atoms with Crippen molar-refractivity contribution in [2.24, 2.45) is 5.41 Å². The van der Waals surface area contributed by atoms with E-state index in [0.29, 0.717) is 58.4 Å². The third-order valence-corrected chi connectivity index (χ3v) is 7.64. The minimum Gasteiger partial charge on any atom is -0.481 e. The van der Waals surface area contributed by atoms with Crippen molar-refractivity contribution < 1.29 is 13.5 Å². The van der Waals surface area contributed by atoms with Crippen molar-refractivity contribution in [2.45, 2.75) is 58.5 Å². The molecule has 3 heterocycles. The highest BCUT2D eigenvalue weighted by atomic mass is 35.5. The molecule has 1 fully saturated rings. The number of aromatic nitrogens is 2. The molecule has 5 rings (SSSR count). The van der Waals surface area contributed by atoms with Crippen molar-refractivity contribution in [2.75, 3.05) is 24.3 Å². The Hall–Kier alpha value is -3.81. The highest BCUT2D eigenvalue weighted by molar-refractivity contribution is 6.35. The number of alkyl halides is 2. The fourth-order valence-corrected chi connectivity index (χ4v) is 5.13. The molecule has 4 N–H and O–H groups in total. The van der Waals surface area contributed by atoms with Crippen LogP contribution in [0.2, 0.25) is 5.02 Å². The number of hydrogen-bond donors (Lipinski definition) is 4. The first-order chi connectivity index (χ1) is 19.5. The van der Waals surface area contributed by atoms with Crippen LogP contribution in [0.15, 0.2) is 42.4 Å². The number of fused-ring (bicyclic) bond motifs is 1. The zero-order valence-electron chi connectivity index (χ0n) is 23.7. The monoisotopic (exact) mass is 581 g/mol. The summed E-state index contributed by atoms with van der Waals surface area (Å²) in [6, 6.07) is 6.91. The SMILES string of the molecule is C#Cc1cnc2c(Cl)cc(N[C@H](C3=CN(C4(C(F)F)CC4)NN3)c3ccc(OC)nc3C)cc2c1NCC(C)(C)C. The molecule has 216 valence electrons. The molecular formula is C30H34ClF2N7O. The number of hydrogen-bond acceptors (Lipinski definition) is 8. The van der Waals surface area contributed by atoms with Gasteiger partial charge in [-0.2, -0.15) is 0 Å². The molecule has 11 heteroatoms. The van der Waals surface area contributed by atoms with Gasteiger partial charge in [-0.1, -0.05) is 38.3 Å². The molecule has 0 saturated heterocycles. The summed E-state index contributed by atoms with van der Waals surface area (Å²) in [5.74, 6) is 3.20. The van der Waals surface area contributed by atoms with E-state index in [4.69, 9.17) is 22.8 Å². The second kappa shape index (κ2) is 10.9. The van der Waals surface area contributed by atoms with Crippen LogP contribution in [0.3, 0.4) is 0 Å². The Labute approximate surface area is 243 Å². The molecule has 3 aromatic rings. The van der Waals surface area contributed by atoms with E-state index in [0.717, 1.165) is 16.6 Å². The lowest BCUT2D eigenvalue weighted by Gasteiger charge is -2.25. The van der Waals surface area contributed by atoms with Gasteiger partial charge in [-0.15, -0.1) is 12.0 Å². The smallest absolute Gasteiger partial charge is 0.262 e. The quantitative estimate of drug-likeness (QED) is 0.224. The van der Waals surface area contributed by atoms with Gasteiger partial charge in [-0.3, -0.25) is 9.99 Å². The Kier molecular flexibility index (Phi) is 7.62. The van der Waals surface area contributed by atoms with Gasteiger partial charge in [0.15, 0.2) is 0 Å². The summed E-state index contributed by atoms with van der Waals surface area (Å²) in [5, 5.41) is 9.73. The molecule has 2 aliphatic rings. The molecule has 1 aliphatic carbocycles. The average molecular weight is 582 g/mol. The Morgan fingerprint density at radius 2 is 2.02 bits per heavy atom. The van der Waals surface area contributed by atoms with Crippen LogP contribution in [0.25, 0.3) is 10.9 Å². The maximum Gasteiger partial charge on any atom is 0.262 e. The van der Waals surface area contributed by atoms with Crippen LogP contribution in [-0.2, 0) is 0 Å². The Morgan fingerprint density at radius 3 is 2.63 bits per heavy atom. The maximum atomic E-state index is 13.9. The summed E-state index contributed by atoms with van der Waals surface area (Å²) in [6.07, 6.45) is 7.49. The van der Waals surface area contributed by atoms with Crippen LogP contribution in [0, 0.1) is 24.7 Å². The fourth-order valence-electron chi connectivity index (χ4n) is 4.86. The van der Waals surface area contributed by atoms with Crippen LogP contribution in [-0.4, -0.2) is 40.6 Å². The van der Waals surface area contributed by atoms with Crippen molar-refractivity contribution in [3.63, 3.8) is 0 Å². The van der Waals surface area contributed by atoms with Crippen LogP contribution in [0.1, 0.15) is 56.5 Å². The second-order valence-electron chi connectivity index (χ2n) is 11.7. The molecule has 0 unspecified atom stereocenters. The highest BCUT2D eigenvalue weighted by Crippen LogP contribution is 2.47. The Morgan fingerprint density at radius 1 is 1.27 bits per heavy atom. The van der Waals surface area contributed by atoms with Crippen LogP contribution in [0.5, 0.6) is 5.88 Å². The van der Waals surface area contributed by atoms with Gasteiger partial charge in [0.25, 0.3) is 6.43 Å². The topological polar surface area (TPSA) is 86.4 Å². The zero-order chi connectivity index (χ0) is 29.5. The van der Waals surface area contributed by atoms with Crippen molar-refractivity contribution in [3.8, 4) is 18.2 Å². The summed E-state index contributed by atoms with van der Waals surface area (Å²) in [6.45, 7) is 8.95. The van der Waals surface area contributed by atoms with E-state index in [1.165, 1.54) is 5.01 Å². The van der Waals surface area contributed by atoms with Gasteiger partial charge in [0.05, 0.1) is 40.6 Å². The molecule has 2 aromatic heterocycles. The van der Waals surface area contributed by atoms with Gasteiger partial charge < -0.3 is 20.8 Å². The van der Waals surface area contributed by atoms with Crippen LogP contribution >= 0.6 is 11.6 Å². The number of pyridine rings is 2. The summed E-state index contributed by atoms with van der Waals surface area (Å²) in [7, 11) is 1.56. The first kappa shape index (κ1) is 28.7. The molecule has 0 radical (unpaired) electrons. The number of hydrazine groups is 2. The van der Waals surface area contributed by atoms with E-state index in [2.05, 4.69) is 58.3 Å². The lowest BCUT2D eigenvalue weighted by Crippen LogP contribution is -2.48. The summed E-state index contributed by atoms with van der Waals surface area (Å²) >= 11 is 6.76. The number of methoxy groups -OCH3 is 1. The molecule has 0 bridgehead atoms. The molecule has 1 aromatic carbocycles. The van der Waals surface area contributed by atoms with E-state index in [1.807, 2.05) is 19.1 Å². The molecular weight excluding hydrogens is 548 g/mol. The Bertz CT molecular complexity index is 1540. The third kappa shape index (κ3) is 5.69. The van der Waals surface area contributed by atoms with Gasteiger partial charge in [-0.25, -0.2) is 13.8 Å². The molecule has 8 nitrogen and oxygen atoms in total. The number of nitrogens with zero attached hydrogens (tertiary/aromatic N) is 3. The van der Waals surface area contributed by atoms with Crippen molar-refractivity contribution in [1.82, 2.24) is 25.9 Å². The Balaban J connectivity index is 1.58. The van der Waals surface area contributed by atoms with Crippen molar-refractivity contribution in [3.05, 3.63) is 64.2 Å². The van der Waals surface area contributed by atoms with Crippen molar-refractivity contribution in [1.29, 1.82) is 0 Å². The third-order valence-electron chi connectivity index (χ3n) is 7.36. The molecule has 0 spiro atoms. The lowest BCUT2D eigenvalue weighted by molar-refractivity contribution is 0.00911. The number of halogens is 3. The minimum absolute atomic E-state index is 0.00173. The van der Waals surface area contributed by atoms with Crippen LogP contribution in [0.4, 0.5) is 20.2 Å². The van der Waals surface area contributed by atoms with E-state index in [-0.39, 0.29) is 5.41 Å². The fraction of sp³-hybridized carbons (Fsp3) is 0.400. The minimum atomic E-state index is -2.49. The van der Waals surface area contributed by atoms with Gasteiger partial charge in [-0.05, 0) is 43.4 Å². The maximum absolute atomic E-state index is 13.9. The molecule has 1 saturated carbocycles. The number of nitrogens with one attached hydrogen (secondary N) is 4.